The van der Waals surface area contributed by atoms with Crippen LogP contribution in [-0.4, -0.2) is 9.52 Å². The molecule has 60 heavy (non-hydrogen) atoms. The third-order valence-electron chi connectivity index (χ3n) is 14.6. The number of benzene rings is 6. The van der Waals surface area contributed by atoms with Gasteiger partial charge in [0.05, 0.1) is 0 Å². The van der Waals surface area contributed by atoms with Gasteiger partial charge in [-0.1, -0.05) is 0 Å². The molecule has 2 aliphatic carbocycles. The van der Waals surface area contributed by atoms with Gasteiger partial charge in [-0.25, -0.2) is 0 Å². The van der Waals surface area contributed by atoms with E-state index in [1.54, 1.807) is 0 Å². The Labute approximate surface area is 370 Å². The van der Waals surface area contributed by atoms with E-state index in [4.69, 9.17) is 0 Å². The molecule has 305 valence electrons. The summed E-state index contributed by atoms with van der Waals surface area (Å²) in [5.74, 6) is 0.619. The average molecular weight is 1010 g/mol. The van der Waals surface area contributed by atoms with Crippen molar-refractivity contribution in [2.45, 2.75) is 87.4 Å². The van der Waals surface area contributed by atoms with E-state index >= 15 is 0 Å². The molecule has 0 radical (unpaired) electrons. The third-order valence-corrected chi connectivity index (χ3v) is 46.1. The molecule has 4 unspecified atom stereocenters. The average Bonchev–Trinajstić information content (AvgIpc) is 3.99. The Morgan fingerprint density at radius 3 is 1.43 bits per heavy atom. The molecule has 4 atom stereocenters. The van der Waals surface area contributed by atoms with Crippen LogP contribution in [0.4, 0.5) is 0 Å². The second-order valence-electron chi connectivity index (χ2n) is 18.0. The Balaban J connectivity index is 1.38. The van der Waals surface area contributed by atoms with Gasteiger partial charge in [0, 0.05) is 0 Å². The normalized spacial score (nSPS) is 18.5. The van der Waals surface area contributed by atoms with E-state index < -0.39 is 25.7 Å². The number of hydrogen-bond donors (Lipinski definition) is 0. The van der Waals surface area contributed by atoms with Crippen LogP contribution >= 0.6 is 17.2 Å². The van der Waals surface area contributed by atoms with Crippen molar-refractivity contribution in [1.29, 1.82) is 0 Å². The molecule has 0 spiro atoms. The van der Waals surface area contributed by atoms with E-state index in [0.29, 0.717) is 11.8 Å². The molecular formula is C56H59Cl2HfSi. The summed E-state index contributed by atoms with van der Waals surface area (Å²) in [5.41, 5.74) is 19.1. The topological polar surface area (TPSA) is 0 Å². The first-order valence-corrected chi connectivity index (χ1v) is 39.0. The fraction of sp³-hybridized carbons (Fsp3) is 0.286. The van der Waals surface area contributed by atoms with Gasteiger partial charge in [0.15, 0.2) is 0 Å². The van der Waals surface area contributed by atoms with Crippen LogP contribution in [0.3, 0.4) is 0 Å². The molecule has 6 aromatic carbocycles. The van der Waals surface area contributed by atoms with Crippen molar-refractivity contribution < 1.29 is 16.1 Å². The van der Waals surface area contributed by atoms with Crippen molar-refractivity contribution in [2.75, 3.05) is 0 Å². The van der Waals surface area contributed by atoms with Gasteiger partial charge in [-0.2, -0.15) is 0 Å². The van der Waals surface area contributed by atoms with Crippen LogP contribution < -0.4 is 13.7 Å². The number of halogens is 2. The fourth-order valence-corrected chi connectivity index (χ4v) is 50.6. The van der Waals surface area contributed by atoms with Gasteiger partial charge in [0.2, 0.25) is 0 Å². The zero-order chi connectivity index (χ0) is 41.8. The Hall–Kier alpha value is -3.53. The number of hydrogen-bond acceptors (Lipinski definition) is 0. The van der Waals surface area contributed by atoms with E-state index in [1.807, 2.05) is 0 Å². The Morgan fingerprint density at radius 2 is 0.933 bits per heavy atom. The van der Waals surface area contributed by atoms with Crippen LogP contribution in [0.1, 0.15) is 108 Å². The minimum absolute atomic E-state index is 0.0859. The number of aryl methyl sites for hydroxylation is 2. The summed E-state index contributed by atoms with van der Waals surface area (Å²) >= 11 is -5.88. The predicted octanol–water partition coefficient (Wildman–Crippen LogP) is 14.0. The molecule has 9 rings (SSSR count). The van der Waals surface area contributed by atoms with E-state index in [0.717, 1.165) is 38.5 Å². The summed E-state index contributed by atoms with van der Waals surface area (Å²) in [6, 6.07) is 48.5. The van der Waals surface area contributed by atoms with E-state index in [2.05, 4.69) is 181 Å². The summed E-state index contributed by atoms with van der Waals surface area (Å²) in [5, 5.41) is 2.99. The summed E-state index contributed by atoms with van der Waals surface area (Å²) in [7, 11) is 18.1. The fourth-order valence-electron chi connectivity index (χ4n) is 11.5. The third kappa shape index (κ3) is 6.61. The molecule has 6 aromatic rings. The van der Waals surface area contributed by atoms with Crippen molar-refractivity contribution in [3.63, 3.8) is 0 Å². The van der Waals surface area contributed by atoms with Crippen molar-refractivity contribution in [1.82, 2.24) is 0 Å². The standard InChI is InChI=1S/2C22H25.C12H9Si.2ClH.Hf/c2*1-4-9-17-10-6-7-12-20(17)21-13-8-11-18-14-19(15-22(18)21)16(3)5-2;1-3-7-11-9(5-1)10-6-2-4-8-12(10)13-11;;;/h2*6-8,10-16H,4-5,9H2,1-3H3;1-7H,13H2;2*1H;/q;;;;;+2/p-2. The Kier molecular flexibility index (Phi) is 11.6. The molecule has 0 saturated heterocycles. The van der Waals surface area contributed by atoms with Gasteiger partial charge in [-0.15, -0.1) is 0 Å². The Bertz CT molecular complexity index is 2550. The zero-order valence-corrected chi connectivity index (χ0v) is 42.8. The zero-order valence-electron chi connectivity index (χ0n) is 36.3. The molecule has 0 bridgehead atoms. The van der Waals surface area contributed by atoms with Gasteiger partial charge in [-0.3, -0.25) is 0 Å². The number of fused-ring (bicyclic) bond motifs is 5. The molecule has 0 nitrogen and oxygen atoms in total. The van der Waals surface area contributed by atoms with Crippen molar-refractivity contribution in [3.8, 4) is 33.4 Å². The van der Waals surface area contributed by atoms with Gasteiger partial charge in [0.25, 0.3) is 0 Å². The second kappa shape index (κ2) is 16.6. The summed E-state index contributed by atoms with van der Waals surface area (Å²) in [4.78, 5) is 0. The summed E-state index contributed by atoms with van der Waals surface area (Å²) < 4.78 is 1.15. The molecule has 0 amide bonds. The first kappa shape index (κ1) is 41.8. The van der Waals surface area contributed by atoms with Gasteiger partial charge in [0.1, 0.15) is 0 Å². The van der Waals surface area contributed by atoms with Crippen LogP contribution in [0.25, 0.3) is 45.5 Å². The SMILES string of the molecule is CCCc1ccccc1-c1cccc2c1C=C(C(C)CC)[CH]2[Hf]([Cl])([Cl])([c]1cccc2c1[SiH2]c1ccccc1-2)[CH]1C(C(C)CC)=Cc2c(-c3ccccc3CCC)cccc21. The predicted molar refractivity (Wildman–Crippen MR) is 263 cm³/mol. The molecule has 0 fully saturated rings. The van der Waals surface area contributed by atoms with Crippen LogP contribution in [-0.2, 0) is 29.0 Å². The van der Waals surface area contributed by atoms with Crippen molar-refractivity contribution in [3.05, 3.63) is 172 Å². The van der Waals surface area contributed by atoms with Crippen LogP contribution in [0.2, 0.25) is 0 Å². The number of rotatable bonds is 13. The second-order valence-corrected chi connectivity index (χ2v) is 49.1. The van der Waals surface area contributed by atoms with Crippen molar-refractivity contribution >= 4 is 52.5 Å². The monoisotopic (exact) mass is 1010 g/mol. The molecular weight excluding hydrogens is 950 g/mol. The van der Waals surface area contributed by atoms with E-state index in [-0.39, 0.29) is 7.35 Å². The molecule has 0 saturated carbocycles. The first-order chi connectivity index (χ1) is 29.1. The van der Waals surface area contributed by atoms with Crippen molar-refractivity contribution in [2.24, 2.45) is 11.8 Å². The molecule has 1 aliphatic heterocycles. The Morgan fingerprint density at radius 1 is 0.500 bits per heavy atom. The molecule has 4 heteroatoms. The van der Waals surface area contributed by atoms with Crippen LogP contribution in [0.5, 0.6) is 0 Å². The van der Waals surface area contributed by atoms with Gasteiger partial charge >= 0.3 is 373 Å². The van der Waals surface area contributed by atoms with Gasteiger partial charge < -0.3 is 0 Å². The maximum atomic E-state index is 9.49. The molecule has 0 aromatic heterocycles. The molecule has 1 heterocycles. The van der Waals surface area contributed by atoms with Crippen LogP contribution in [0.15, 0.2) is 139 Å². The summed E-state index contributed by atoms with van der Waals surface area (Å²) in [6.07, 6.45) is 11.5. The van der Waals surface area contributed by atoms with E-state index in [9.17, 15) is 17.2 Å². The van der Waals surface area contributed by atoms with Crippen LogP contribution in [0, 0.1) is 11.8 Å². The van der Waals surface area contributed by atoms with Gasteiger partial charge in [-0.05, 0) is 0 Å². The quantitative estimate of drug-likeness (QED) is 0.101. The molecule has 0 N–H and O–H groups in total. The first-order valence-electron chi connectivity index (χ1n) is 22.8. The summed E-state index contributed by atoms with van der Waals surface area (Å²) in [6.45, 7) is 14.1. The van der Waals surface area contributed by atoms with E-state index in [1.165, 1.54) is 91.6 Å². The molecule has 3 aliphatic rings. The maximum absolute atomic E-state index is 9.49. The number of allylic oxidation sites excluding steroid dienone is 2. The minimum atomic E-state index is -5.88.